The molecule has 0 aliphatic heterocycles. The average Bonchev–Trinajstić information content (AvgIpc) is 2.78. The monoisotopic (exact) mass is 229 g/mol. The van der Waals surface area contributed by atoms with Gasteiger partial charge in [-0.2, -0.15) is 0 Å². The molecule has 88 valence electrons. The fourth-order valence-corrected chi connectivity index (χ4v) is 1.73. The van der Waals surface area contributed by atoms with Crippen LogP contribution in [0.4, 0.5) is 0 Å². The Balaban J connectivity index is 2.27. The minimum atomic E-state index is -0.276. The molecule has 0 aliphatic rings. The molecule has 17 heavy (non-hydrogen) atoms. The number of amides is 1. The minimum absolute atomic E-state index is 0.0342. The third kappa shape index (κ3) is 2.20. The van der Waals surface area contributed by atoms with Crippen LogP contribution in [0.3, 0.4) is 0 Å². The van der Waals surface area contributed by atoms with E-state index in [4.69, 9.17) is 0 Å². The molecule has 1 N–H and O–H groups in total. The highest BCUT2D eigenvalue weighted by Crippen LogP contribution is 2.17. The van der Waals surface area contributed by atoms with Crippen molar-refractivity contribution in [2.24, 2.45) is 0 Å². The molecule has 1 amide bonds. The Morgan fingerprint density at radius 2 is 2.35 bits per heavy atom. The lowest BCUT2D eigenvalue weighted by atomic mass is 10.2. The predicted octanol–water partition coefficient (Wildman–Crippen LogP) is 1.90. The maximum absolute atomic E-state index is 11.8. The molecule has 0 bridgehead atoms. The van der Waals surface area contributed by atoms with Gasteiger partial charge in [-0.05, 0) is 19.1 Å². The maximum atomic E-state index is 11.8. The summed E-state index contributed by atoms with van der Waals surface area (Å²) in [4.78, 5) is 16.1. The molecule has 0 aliphatic carbocycles. The van der Waals surface area contributed by atoms with E-state index in [0.717, 1.165) is 11.0 Å². The first-order chi connectivity index (χ1) is 8.24. The van der Waals surface area contributed by atoms with Gasteiger partial charge in [0.15, 0.2) is 0 Å². The van der Waals surface area contributed by atoms with Crippen molar-refractivity contribution in [3.63, 3.8) is 0 Å². The summed E-state index contributed by atoms with van der Waals surface area (Å²) in [6, 6.07) is 7.49. The highest BCUT2D eigenvalue weighted by atomic mass is 16.2. The number of nitrogens with zero attached hydrogens (tertiary/aromatic N) is 2. The Morgan fingerprint density at radius 1 is 1.59 bits per heavy atom. The van der Waals surface area contributed by atoms with Crippen molar-refractivity contribution >= 4 is 16.9 Å². The average molecular weight is 229 g/mol. The summed E-state index contributed by atoms with van der Waals surface area (Å²) < 4.78 is 1.87. The number of benzene rings is 1. The third-order valence-electron chi connectivity index (χ3n) is 2.70. The number of carbonyl (C=O) groups excluding carboxylic acids is 1. The van der Waals surface area contributed by atoms with E-state index in [-0.39, 0.29) is 11.9 Å². The molecule has 1 aromatic carbocycles. The van der Waals surface area contributed by atoms with E-state index in [1.807, 2.05) is 35.8 Å². The van der Waals surface area contributed by atoms with Gasteiger partial charge >= 0.3 is 0 Å². The molecule has 0 saturated carbocycles. The molecule has 0 radical (unpaired) electrons. The van der Waals surface area contributed by atoms with Crippen molar-refractivity contribution in [3.05, 3.63) is 43.2 Å². The van der Waals surface area contributed by atoms with Gasteiger partial charge in [0.1, 0.15) is 6.04 Å². The van der Waals surface area contributed by atoms with Crippen molar-refractivity contribution in [2.45, 2.75) is 13.0 Å². The lowest BCUT2D eigenvalue weighted by Crippen LogP contribution is -2.30. The van der Waals surface area contributed by atoms with Crippen molar-refractivity contribution in [3.8, 4) is 0 Å². The van der Waals surface area contributed by atoms with Crippen LogP contribution < -0.4 is 5.32 Å². The fraction of sp³-hybridized carbons (Fsp3) is 0.231. The number of carbonyl (C=O) groups is 1. The molecule has 1 heterocycles. The van der Waals surface area contributed by atoms with Crippen LogP contribution in [0.25, 0.3) is 11.0 Å². The molecule has 1 aromatic heterocycles. The molecular weight excluding hydrogens is 214 g/mol. The van der Waals surface area contributed by atoms with Gasteiger partial charge in [0.2, 0.25) is 5.91 Å². The summed E-state index contributed by atoms with van der Waals surface area (Å²) in [5.74, 6) is -0.0342. The zero-order valence-corrected chi connectivity index (χ0v) is 9.76. The van der Waals surface area contributed by atoms with Gasteiger partial charge in [-0.25, -0.2) is 4.98 Å². The van der Waals surface area contributed by atoms with Crippen LogP contribution in [0.2, 0.25) is 0 Å². The Labute approximate surface area is 100.0 Å². The normalized spacial score (nSPS) is 12.3. The van der Waals surface area contributed by atoms with E-state index >= 15 is 0 Å². The summed E-state index contributed by atoms with van der Waals surface area (Å²) in [7, 11) is 0. The molecule has 0 unspecified atom stereocenters. The van der Waals surface area contributed by atoms with E-state index in [0.29, 0.717) is 6.54 Å². The van der Waals surface area contributed by atoms with E-state index in [2.05, 4.69) is 16.9 Å². The summed E-state index contributed by atoms with van der Waals surface area (Å²) in [6.07, 6.45) is 3.36. The highest BCUT2D eigenvalue weighted by molar-refractivity contribution is 5.83. The number of rotatable bonds is 4. The van der Waals surface area contributed by atoms with Crippen molar-refractivity contribution in [2.75, 3.05) is 6.54 Å². The molecule has 0 spiro atoms. The standard InChI is InChI=1S/C13H15N3O/c1-3-8-14-13(17)10(2)16-9-15-11-6-4-5-7-12(11)16/h3-7,9-10H,1,8H2,2H3,(H,14,17)/t10-/m0/s1. The van der Waals surface area contributed by atoms with Crippen LogP contribution in [0, 0.1) is 0 Å². The number of aromatic nitrogens is 2. The lowest BCUT2D eigenvalue weighted by molar-refractivity contribution is -0.123. The van der Waals surface area contributed by atoms with Crippen molar-refractivity contribution < 1.29 is 4.79 Å². The first-order valence-corrected chi connectivity index (χ1v) is 5.54. The second-order valence-electron chi connectivity index (χ2n) is 3.85. The topological polar surface area (TPSA) is 46.9 Å². The van der Waals surface area contributed by atoms with Gasteiger partial charge in [-0.1, -0.05) is 18.2 Å². The SMILES string of the molecule is C=CCNC(=O)[C@H](C)n1cnc2ccccc21. The van der Waals surface area contributed by atoms with Gasteiger partial charge in [-0.3, -0.25) is 4.79 Å². The smallest absolute Gasteiger partial charge is 0.243 e. The third-order valence-corrected chi connectivity index (χ3v) is 2.70. The molecule has 4 nitrogen and oxygen atoms in total. The Kier molecular flexibility index (Phi) is 3.23. The predicted molar refractivity (Wildman–Crippen MR) is 67.7 cm³/mol. The van der Waals surface area contributed by atoms with Crippen LogP contribution in [0.15, 0.2) is 43.2 Å². The van der Waals surface area contributed by atoms with Crippen LogP contribution in [0.1, 0.15) is 13.0 Å². The summed E-state index contributed by atoms with van der Waals surface area (Å²) >= 11 is 0. The van der Waals surface area contributed by atoms with Crippen molar-refractivity contribution in [1.82, 2.24) is 14.9 Å². The van der Waals surface area contributed by atoms with E-state index in [9.17, 15) is 4.79 Å². The molecule has 1 atom stereocenters. The van der Waals surface area contributed by atoms with Crippen LogP contribution in [0.5, 0.6) is 0 Å². The Bertz CT molecular complexity index is 544. The molecule has 4 heteroatoms. The summed E-state index contributed by atoms with van der Waals surface area (Å²) in [5.41, 5.74) is 1.87. The number of imidazole rings is 1. The van der Waals surface area contributed by atoms with E-state index in [1.165, 1.54) is 0 Å². The number of nitrogens with one attached hydrogen (secondary N) is 1. The fourth-order valence-electron chi connectivity index (χ4n) is 1.73. The number of fused-ring (bicyclic) bond motifs is 1. The Morgan fingerprint density at radius 3 is 3.12 bits per heavy atom. The highest BCUT2D eigenvalue weighted by Gasteiger charge is 2.15. The minimum Gasteiger partial charge on any atom is -0.351 e. The lowest BCUT2D eigenvalue weighted by Gasteiger charge is -2.13. The maximum Gasteiger partial charge on any atom is 0.243 e. The Hall–Kier alpha value is -2.10. The molecule has 2 aromatic rings. The zero-order valence-electron chi connectivity index (χ0n) is 9.76. The van der Waals surface area contributed by atoms with Gasteiger partial charge in [0.25, 0.3) is 0 Å². The molecule has 0 fully saturated rings. The van der Waals surface area contributed by atoms with Gasteiger partial charge < -0.3 is 9.88 Å². The number of hydrogen-bond acceptors (Lipinski definition) is 2. The molecule has 0 saturated heterocycles. The summed E-state index contributed by atoms with van der Waals surface area (Å²) in [6.45, 7) is 5.91. The molecular formula is C13H15N3O. The van der Waals surface area contributed by atoms with Crippen LogP contribution in [-0.4, -0.2) is 22.0 Å². The van der Waals surface area contributed by atoms with Gasteiger partial charge in [-0.15, -0.1) is 6.58 Å². The largest absolute Gasteiger partial charge is 0.351 e. The molecule has 2 rings (SSSR count). The number of para-hydroxylation sites is 2. The summed E-state index contributed by atoms with van der Waals surface area (Å²) in [5, 5.41) is 2.78. The van der Waals surface area contributed by atoms with Crippen molar-refractivity contribution in [1.29, 1.82) is 0 Å². The first kappa shape index (κ1) is 11.4. The number of hydrogen-bond donors (Lipinski definition) is 1. The second-order valence-corrected chi connectivity index (χ2v) is 3.85. The van der Waals surface area contributed by atoms with Crippen LogP contribution >= 0.6 is 0 Å². The zero-order chi connectivity index (χ0) is 12.3. The van der Waals surface area contributed by atoms with Crippen LogP contribution in [-0.2, 0) is 4.79 Å². The van der Waals surface area contributed by atoms with E-state index < -0.39 is 0 Å². The van der Waals surface area contributed by atoms with Gasteiger partial charge in [0.05, 0.1) is 17.4 Å². The first-order valence-electron chi connectivity index (χ1n) is 5.54. The second kappa shape index (κ2) is 4.82. The quantitative estimate of drug-likeness (QED) is 0.814. The van der Waals surface area contributed by atoms with E-state index in [1.54, 1.807) is 12.4 Å². The van der Waals surface area contributed by atoms with Gasteiger partial charge in [0, 0.05) is 6.54 Å².